The van der Waals surface area contributed by atoms with Gasteiger partial charge in [-0.2, -0.15) is 0 Å². The monoisotopic (exact) mass is 221 g/mol. The second-order valence-corrected chi connectivity index (χ2v) is 9.15. The van der Waals surface area contributed by atoms with Gasteiger partial charge in [0.25, 0.3) is 0 Å². The van der Waals surface area contributed by atoms with Gasteiger partial charge in [-0.15, -0.1) is 0 Å². The highest BCUT2D eigenvalue weighted by Crippen LogP contribution is 2.35. The van der Waals surface area contributed by atoms with E-state index >= 15 is 0 Å². The average Bonchev–Trinajstić information content (AvgIpc) is 2.74. The molecule has 1 aromatic rings. The van der Waals surface area contributed by atoms with Gasteiger partial charge in [0.15, 0.2) is 8.24 Å². The molecule has 2 rings (SSSR count). The van der Waals surface area contributed by atoms with Crippen molar-refractivity contribution in [1.29, 1.82) is 0 Å². The number of hydrogen-bond acceptors (Lipinski definition) is 3. The molecule has 0 aromatic carbocycles. The van der Waals surface area contributed by atoms with Gasteiger partial charge in [-0.05, 0) is 24.6 Å². The molecule has 4 heteroatoms. The highest BCUT2D eigenvalue weighted by atomic mass is 28.3. The normalized spacial score (nSPS) is 19.5. The summed E-state index contributed by atoms with van der Waals surface area (Å²) in [7, 11) is -1.22. The molecule has 0 spiro atoms. The molecule has 1 aromatic heterocycles. The van der Waals surface area contributed by atoms with Crippen LogP contribution in [0.3, 0.4) is 0 Å². The summed E-state index contributed by atoms with van der Waals surface area (Å²) in [5.41, 5.74) is 0. The van der Waals surface area contributed by atoms with E-state index in [1.807, 2.05) is 6.20 Å². The average molecular weight is 221 g/mol. The lowest BCUT2D eigenvalue weighted by atomic mass is 10.5. The van der Waals surface area contributed by atoms with Crippen LogP contribution >= 0.6 is 0 Å². The first-order chi connectivity index (χ1) is 7.32. The van der Waals surface area contributed by atoms with E-state index in [4.69, 9.17) is 0 Å². The summed E-state index contributed by atoms with van der Waals surface area (Å²) in [6, 6.07) is 4.09. The summed E-state index contributed by atoms with van der Waals surface area (Å²) in [5, 5.41) is 0. The Bertz CT molecular complexity index is 311. The van der Waals surface area contributed by atoms with Gasteiger partial charge in [0.05, 0.1) is 6.20 Å². The standard InChI is InChI=1S/C11H19N3Si/c1-3-15(4-2)9-5-8-14(15)11-10-12-6-7-13-11/h6-7,10H,3-5,8-9H2,1-2H3. The second kappa shape index (κ2) is 4.31. The van der Waals surface area contributed by atoms with Crippen molar-refractivity contribution >= 4 is 14.1 Å². The van der Waals surface area contributed by atoms with E-state index in [9.17, 15) is 0 Å². The van der Waals surface area contributed by atoms with Gasteiger partial charge in [-0.1, -0.05) is 13.8 Å². The Hall–Kier alpha value is -0.903. The molecular formula is C11H19N3Si. The Balaban J connectivity index is 2.29. The fourth-order valence-electron chi connectivity index (χ4n) is 2.71. The van der Waals surface area contributed by atoms with E-state index in [0.717, 1.165) is 5.82 Å². The van der Waals surface area contributed by atoms with Gasteiger partial charge >= 0.3 is 0 Å². The van der Waals surface area contributed by atoms with Gasteiger partial charge < -0.3 is 4.57 Å². The van der Waals surface area contributed by atoms with E-state index in [2.05, 4.69) is 28.4 Å². The molecule has 0 bridgehead atoms. The molecule has 0 atom stereocenters. The highest BCUT2D eigenvalue weighted by Gasteiger charge is 2.41. The van der Waals surface area contributed by atoms with Gasteiger partial charge in [0.1, 0.15) is 5.82 Å². The van der Waals surface area contributed by atoms with Crippen LogP contribution in [0, 0.1) is 0 Å². The topological polar surface area (TPSA) is 29.0 Å². The van der Waals surface area contributed by atoms with Crippen LogP contribution in [0.2, 0.25) is 18.1 Å². The van der Waals surface area contributed by atoms with Crippen molar-refractivity contribution in [1.82, 2.24) is 9.97 Å². The molecule has 1 aliphatic heterocycles. The van der Waals surface area contributed by atoms with Gasteiger partial charge in [-0.25, -0.2) is 4.98 Å². The van der Waals surface area contributed by atoms with Crippen LogP contribution in [-0.4, -0.2) is 24.7 Å². The molecule has 1 aliphatic rings. The smallest absolute Gasteiger partial charge is 0.158 e. The van der Waals surface area contributed by atoms with Crippen molar-refractivity contribution in [2.24, 2.45) is 0 Å². The summed E-state index contributed by atoms with van der Waals surface area (Å²) in [4.78, 5) is 8.63. The predicted molar refractivity (Wildman–Crippen MR) is 65.5 cm³/mol. The maximum Gasteiger partial charge on any atom is 0.158 e. The van der Waals surface area contributed by atoms with Crippen molar-refractivity contribution in [2.45, 2.75) is 38.4 Å². The SMILES string of the molecule is CC[Si]1(CC)CCCN1c1cnccn1. The quantitative estimate of drug-likeness (QED) is 0.735. The van der Waals surface area contributed by atoms with Crippen molar-refractivity contribution in [3.8, 4) is 0 Å². The Morgan fingerprint density at radius 1 is 1.33 bits per heavy atom. The summed E-state index contributed by atoms with van der Waals surface area (Å²) < 4.78 is 2.58. The third kappa shape index (κ3) is 1.78. The highest BCUT2D eigenvalue weighted by molar-refractivity contribution is 6.83. The molecule has 0 N–H and O–H groups in total. The van der Waals surface area contributed by atoms with Crippen LogP contribution in [0.15, 0.2) is 18.6 Å². The van der Waals surface area contributed by atoms with Crippen LogP contribution in [0.4, 0.5) is 5.82 Å². The number of anilines is 1. The molecule has 0 aliphatic carbocycles. The molecular weight excluding hydrogens is 202 g/mol. The van der Waals surface area contributed by atoms with E-state index in [-0.39, 0.29) is 0 Å². The Kier molecular flexibility index (Phi) is 3.05. The van der Waals surface area contributed by atoms with Crippen molar-refractivity contribution in [3.63, 3.8) is 0 Å². The zero-order chi connectivity index (χ0) is 10.7. The minimum absolute atomic E-state index is 1.10. The first-order valence-corrected chi connectivity index (χ1v) is 8.43. The zero-order valence-corrected chi connectivity index (χ0v) is 10.6. The summed E-state index contributed by atoms with van der Waals surface area (Å²) in [5.74, 6) is 1.10. The van der Waals surface area contributed by atoms with E-state index in [1.54, 1.807) is 12.4 Å². The number of hydrogen-bond donors (Lipinski definition) is 0. The molecule has 0 saturated carbocycles. The van der Waals surface area contributed by atoms with Crippen LogP contribution < -0.4 is 4.57 Å². The lowest BCUT2D eigenvalue weighted by molar-refractivity contribution is 0.957. The Labute approximate surface area is 92.6 Å². The van der Waals surface area contributed by atoms with E-state index in [0.29, 0.717) is 0 Å². The molecule has 0 radical (unpaired) electrons. The minimum Gasteiger partial charge on any atom is -0.381 e. The van der Waals surface area contributed by atoms with Crippen LogP contribution in [0.1, 0.15) is 20.3 Å². The minimum atomic E-state index is -1.22. The van der Waals surface area contributed by atoms with E-state index in [1.165, 1.54) is 31.1 Å². The largest absolute Gasteiger partial charge is 0.381 e. The van der Waals surface area contributed by atoms with Crippen molar-refractivity contribution < 1.29 is 0 Å². The summed E-state index contributed by atoms with van der Waals surface area (Å²) >= 11 is 0. The van der Waals surface area contributed by atoms with Crippen LogP contribution in [0.5, 0.6) is 0 Å². The zero-order valence-electron chi connectivity index (χ0n) is 9.61. The first kappa shape index (κ1) is 10.6. The van der Waals surface area contributed by atoms with Gasteiger partial charge in [0, 0.05) is 18.9 Å². The van der Waals surface area contributed by atoms with Gasteiger partial charge in [0.2, 0.25) is 0 Å². The Morgan fingerprint density at radius 2 is 2.13 bits per heavy atom. The fraction of sp³-hybridized carbons (Fsp3) is 0.636. The first-order valence-electron chi connectivity index (χ1n) is 5.86. The van der Waals surface area contributed by atoms with Crippen molar-refractivity contribution in [2.75, 3.05) is 11.1 Å². The molecule has 15 heavy (non-hydrogen) atoms. The molecule has 2 heterocycles. The maximum atomic E-state index is 4.45. The predicted octanol–water partition coefficient (Wildman–Crippen LogP) is 2.67. The second-order valence-electron chi connectivity index (χ2n) is 4.25. The van der Waals surface area contributed by atoms with Crippen molar-refractivity contribution in [3.05, 3.63) is 18.6 Å². The van der Waals surface area contributed by atoms with Crippen LogP contribution in [-0.2, 0) is 0 Å². The number of nitrogens with zero attached hydrogens (tertiary/aromatic N) is 3. The fourth-order valence-corrected chi connectivity index (χ4v) is 7.00. The lowest BCUT2D eigenvalue weighted by Gasteiger charge is -2.35. The molecule has 0 unspecified atom stereocenters. The molecule has 1 fully saturated rings. The number of rotatable bonds is 3. The molecule has 0 amide bonds. The van der Waals surface area contributed by atoms with Gasteiger partial charge in [-0.3, -0.25) is 4.98 Å². The molecule has 82 valence electrons. The van der Waals surface area contributed by atoms with Crippen LogP contribution in [0.25, 0.3) is 0 Å². The maximum absolute atomic E-state index is 4.45. The third-order valence-corrected chi connectivity index (χ3v) is 9.25. The Morgan fingerprint density at radius 3 is 2.73 bits per heavy atom. The van der Waals surface area contributed by atoms with E-state index < -0.39 is 8.24 Å². The lowest BCUT2D eigenvalue weighted by Crippen LogP contribution is -2.48. The summed E-state index contributed by atoms with van der Waals surface area (Å²) in [6.45, 7) is 5.86. The third-order valence-electron chi connectivity index (χ3n) is 3.74. The number of aromatic nitrogens is 2. The summed E-state index contributed by atoms with van der Waals surface area (Å²) in [6.07, 6.45) is 6.81. The molecule has 3 nitrogen and oxygen atoms in total. The molecule has 1 saturated heterocycles.